The summed E-state index contributed by atoms with van der Waals surface area (Å²) in [5.41, 5.74) is 1.23. The SMILES string of the molecule is CS(=O)(=O)O.OCCc1ccsc1. The van der Waals surface area contributed by atoms with Crippen LogP contribution in [0.1, 0.15) is 5.56 Å². The molecule has 1 aromatic heterocycles. The molecule has 0 atom stereocenters. The van der Waals surface area contributed by atoms with Gasteiger partial charge in [0.15, 0.2) is 0 Å². The highest BCUT2D eigenvalue weighted by Crippen LogP contribution is 2.05. The van der Waals surface area contributed by atoms with E-state index in [0.717, 1.165) is 6.42 Å². The lowest BCUT2D eigenvalue weighted by Crippen LogP contribution is -1.88. The highest BCUT2D eigenvalue weighted by atomic mass is 32.2. The summed E-state index contributed by atoms with van der Waals surface area (Å²) in [4.78, 5) is 0. The zero-order valence-corrected chi connectivity index (χ0v) is 8.81. The van der Waals surface area contributed by atoms with Gasteiger partial charge in [-0.25, -0.2) is 0 Å². The lowest BCUT2D eigenvalue weighted by molar-refractivity contribution is 0.300. The lowest BCUT2D eigenvalue weighted by atomic mass is 10.3. The highest BCUT2D eigenvalue weighted by molar-refractivity contribution is 7.85. The average molecular weight is 224 g/mol. The molecule has 0 fully saturated rings. The van der Waals surface area contributed by atoms with Gasteiger partial charge < -0.3 is 5.11 Å². The van der Waals surface area contributed by atoms with Gasteiger partial charge in [0.05, 0.1) is 6.26 Å². The maximum Gasteiger partial charge on any atom is 0.261 e. The van der Waals surface area contributed by atoms with Crippen molar-refractivity contribution in [2.24, 2.45) is 0 Å². The summed E-state index contributed by atoms with van der Waals surface area (Å²) >= 11 is 1.67. The fraction of sp³-hybridized carbons (Fsp3) is 0.429. The molecular weight excluding hydrogens is 212 g/mol. The first-order chi connectivity index (χ1) is 5.93. The molecule has 0 aliphatic heterocycles. The number of rotatable bonds is 2. The van der Waals surface area contributed by atoms with Crippen LogP contribution in [-0.2, 0) is 16.5 Å². The Kier molecular flexibility index (Phi) is 5.89. The van der Waals surface area contributed by atoms with Crippen molar-refractivity contribution in [2.45, 2.75) is 6.42 Å². The Morgan fingerprint density at radius 3 is 2.38 bits per heavy atom. The molecule has 0 unspecified atom stereocenters. The minimum Gasteiger partial charge on any atom is -0.396 e. The van der Waals surface area contributed by atoms with Crippen molar-refractivity contribution < 1.29 is 18.1 Å². The Hall–Kier alpha value is -0.430. The molecule has 0 bridgehead atoms. The fourth-order valence-corrected chi connectivity index (χ4v) is 1.27. The van der Waals surface area contributed by atoms with Crippen LogP contribution in [0, 0.1) is 0 Å². The van der Waals surface area contributed by atoms with E-state index in [1.54, 1.807) is 11.3 Å². The van der Waals surface area contributed by atoms with Crippen LogP contribution in [0.2, 0.25) is 0 Å². The first kappa shape index (κ1) is 12.6. The van der Waals surface area contributed by atoms with Gasteiger partial charge in [-0.2, -0.15) is 19.8 Å². The molecule has 1 heterocycles. The monoisotopic (exact) mass is 224 g/mol. The summed E-state index contributed by atoms with van der Waals surface area (Å²) in [6, 6.07) is 2.03. The number of aliphatic hydroxyl groups excluding tert-OH is 1. The van der Waals surface area contributed by atoms with Crippen LogP contribution >= 0.6 is 11.3 Å². The zero-order valence-electron chi connectivity index (χ0n) is 7.17. The Labute approximate surface area is 81.6 Å². The quantitative estimate of drug-likeness (QED) is 0.728. The largest absolute Gasteiger partial charge is 0.396 e. The van der Waals surface area contributed by atoms with E-state index < -0.39 is 10.1 Å². The Bertz CT molecular complexity index is 293. The lowest BCUT2D eigenvalue weighted by Gasteiger charge is -1.85. The third-order valence-corrected chi connectivity index (χ3v) is 1.71. The molecule has 1 aromatic rings. The van der Waals surface area contributed by atoms with E-state index in [1.165, 1.54) is 5.56 Å². The maximum atomic E-state index is 9.19. The fourth-order valence-electron chi connectivity index (χ4n) is 0.564. The van der Waals surface area contributed by atoms with Crippen molar-refractivity contribution in [2.75, 3.05) is 12.9 Å². The predicted octanol–water partition coefficient (Wildman–Crippen LogP) is 0.787. The van der Waals surface area contributed by atoms with E-state index in [1.807, 2.05) is 11.4 Å². The van der Waals surface area contributed by atoms with Gasteiger partial charge in [0.2, 0.25) is 0 Å². The van der Waals surface area contributed by atoms with Gasteiger partial charge in [-0.1, -0.05) is 0 Å². The zero-order chi connectivity index (χ0) is 10.3. The predicted molar refractivity (Wildman–Crippen MR) is 52.6 cm³/mol. The molecule has 0 aromatic carbocycles. The van der Waals surface area contributed by atoms with Crippen LogP contribution in [0.4, 0.5) is 0 Å². The molecule has 13 heavy (non-hydrogen) atoms. The summed E-state index contributed by atoms with van der Waals surface area (Å²) in [6.45, 7) is 0.261. The Morgan fingerprint density at radius 2 is 2.08 bits per heavy atom. The smallest absolute Gasteiger partial charge is 0.261 e. The normalized spacial score (nSPS) is 10.4. The second-order valence-electron chi connectivity index (χ2n) is 2.34. The minimum absolute atomic E-state index is 0.261. The first-order valence-corrected chi connectivity index (χ1v) is 6.27. The molecule has 0 saturated carbocycles. The van der Waals surface area contributed by atoms with Gasteiger partial charge in [-0.3, -0.25) is 4.55 Å². The van der Waals surface area contributed by atoms with Crippen molar-refractivity contribution >= 4 is 21.5 Å². The van der Waals surface area contributed by atoms with Crippen LogP contribution in [-0.4, -0.2) is 30.9 Å². The topological polar surface area (TPSA) is 74.6 Å². The van der Waals surface area contributed by atoms with Crippen LogP contribution in [0.5, 0.6) is 0 Å². The second-order valence-corrected chi connectivity index (χ2v) is 4.58. The highest BCUT2D eigenvalue weighted by Gasteiger charge is 1.87. The molecule has 0 saturated heterocycles. The van der Waals surface area contributed by atoms with Crippen molar-refractivity contribution in [1.82, 2.24) is 0 Å². The molecule has 76 valence electrons. The molecule has 0 radical (unpaired) electrons. The van der Waals surface area contributed by atoms with E-state index in [4.69, 9.17) is 9.66 Å². The number of thiophene rings is 1. The van der Waals surface area contributed by atoms with Gasteiger partial charge in [0.25, 0.3) is 10.1 Å². The summed E-state index contributed by atoms with van der Waals surface area (Å²) in [5.74, 6) is 0. The molecule has 2 N–H and O–H groups in total. The van der Waals surface area contributed by atoms with Crippen LogP contribution in [0.25, 0.3) is 0 Å². The molecule has 0 amide bonds. The number of aliphatic hydroxyl groups is 1. The average Bonchev–Trinajstić information content (AvgIpc) is 2.36. The maximum absolute atomic E-state index is 9.19. The minimum atomic E-state index is -3.67. The summed E-state index contributed by atoms with van der Waals surface area (Å²) in [6.07, 6.45) is 1.51. The molecule has 0 spiro atoms. The van der Waals surface area contributed by atoms with Gasteiger partial charge in [0.1, 0.15) is 0 Å². The van der Waals surface area contributed by atoms with Crippen molar-refractivity contribution in [1.29, 1.82) is 0 Å². The molecule has 4 nitrogen and oxygen atoms in total. The molecule has 0 aliphatic carbocycles. The van der Waals surface area contributed by atoms with Gasteiger partial charge in [-0.05, 0) is 28.8 Å². The van der Waals surface area contributed by atoms with E-state index in [9.17, 15) is 8.42 Å². The summed E-state index contributed by atoms with van der Waals surface area (Å²) in [5, 5.41) is 12.5. The van der Waals surface area contributed by atoms with Crippen LogP contribution in [0.15, 0.2) is 16.8 Å². The van der Waals surface area contributed by atoms with Crippen molar-refractivity contribution in [3.8, 4) is 0 Å². The molecule has 6 heteroatoms. The van der Waals surface area contributed by atoms with Gasteiger partial charge in [-0.15, -0.1) is 0 Å². The molecular formula is C7H12O4S2. The standard InChI is InChI=1S/C6H8OS.CH4O3S/c7-3-1-6-2-4-8-5-6;1-5(2,3)4/h2,4-5,7H,1,3H2;1H3,(H,2,3,4). The van der Waals surface area contributed by atoms with E-state index in [2.05, 4.69) is 5.38 Å². The van der Waals surface area contributed by atoms with Crippen LogP contribution in [0.3, 0.4) is 0 Å². The second kappa shape index (κ2) is 6.09. The number of hydrogen-bond donors (Lipinski definition) is 2. The van der Waals surface area contributed by atoms with E-state index in [0.29, 0.717) is 6.26 Å². The summed E-state index contributed by atoms with van der Waals surface area (Å²) < 4.78 is 25.9. The Balaban J connectivity index is 0.000000252. The number of hydrogen-bond acceptors (Lipinski definition) is 4. The van der Waals surface area contributed by atoms with Crippen molar-refractivity contribution in [3.63, 3.8) is 0 Å². The first-order valence-electron chi connectivity index (χ1n) is 3.48. The van der Waals surface area contributed by atoms with E-state index >= 15 is 0 Å². The van der Waals surface area contributed by atoms with Crippen LogP contribution < -0.4 is 0 Å². The Morgan fingerprint density at radius 1 is 1.54 bits per heavy atom. The van der Waals surface area contributed by atoms with Crippen molar-refractivity contribution in [3.05, 3.63) is 22.4 Å². The van der Waals surface area contributed by atoms with Gasteiger partial charge >= 0.3 is 0 Å². The summed E-state index contributed by atoms with van der Waals surface area (Å²) in [7, 11) is -3.67. The molecule has 1 rings (SSSR count). The third-order valence-electron chi connectivity index (χ3n) is 0.981. The van der Waals surface area contributed by atoms with E-state index in [-0.39, 0.29) is 6.61 Å². The molecule has 0 aliphatic rings. The van der Waals surface area contributed by atoms with Gasteiger partial charge in [0, 0.05) is 6.61 Å². The third kappa shape index (κ3) is 11.6.